The zero-order chi connectivity index (χ0) is 6.24. The summed E-state index contributed by atoms with van der Waals surface area (Å²) in [5.41, 5.74) is 0. The quantitative estimate of drug-likeness (QED) is 0.455. The Morgan fingerprint density at radius 3 is 2.12 bits per heavy atom. The average Bonchev–Trinajstić information content (AvgIpc) is 1.96. The smallest absolute Gasteiger partial charge is 0.0224 e. The number of hydrogen-bond donors (Lipinski definition) is 0. The molecular formula is C7H13N. The largest absolute Gasteiger partial charge is 0.269 e. The highest BCUT2D eigenvalue weighted by Gasteiger charge is 1.78. The van der Waals surface area contributed by atoms with Gasteiger partial charge in [0, 0.05) is 12.4 Å². The molecular weight excluding hydrogens is 98.1 g/mol. The van der Waals surface area contributed by atoms with Gasteiger partial charge in [-0.15, -0.1) is 0 Å². The summed E-state index contributed by atoms with van der Waals surface area (Å²) >= 11 is 0. The molecule has 0 atom stereocenters. The number of hydrogen-bond acceptors (Lipinski definition) is 1. The van der Waals surface area contributed by atoms with Crippen LogP contribution in [-0.2, 0) is 0 Å². The van der Waals surface area contributed by atoms with Crippen LogP contribution in [0.5, 0.6) is 0 Å². The molecule has 0 saturated heterocycles. The first-order valence-corrected chi connectivity index (χ1v) is 3.17. The molecule has 1 heterocycles. The molecule has 0 bridgehead atoms. The lowest BCUT2D eigenvalue weighted by Gasteiger charge is -1.87. The van der Waals surface area contributed by atoms with E-state index in [0.29, 0.717) is 0 Å². The van der Waals surface area contributed by atoms with Crippen molar-refractivity contribution in [1.82, 2.24) is 0 Å². The second-order valence-electron chi connectivity index (χ2n) is 1.29. The Balaban J connectivity index is 0.000000222. The van der Waals surface area contributed by atoms with Gasteiger partial charge < -0.3 is 0 Å². The third kappa shape index (κ3) is 3.59. The molecule has 1 heteroatoms. The Kier molecular flexibility index (Phi) is 5.94. The lowest BCUT2D eigenvalue weighted by Crippen LogP contribution is -1.75. The van der Waals surface area contributed by atoms with Crippen molar-refractivity contribution in [2.45, 2.75) is 26.7 Å². The number of nitrogens with zero attached hydrogens (tertiary/aromatic N) is 1. The van der Waals surface area contributed by atoms with Gasteiger partial charge in [-0.25, -0.2) is 0 Å². The van der Waals surface area contributed by atoms with E-state index in [4.69, 9.17) is 0 Å². The van der Waals surface area contributed by atoms with Crippen LogP contribution in [0.25, 0.3) is 0 Å². The molecule has 1 nitrogen and oxygen atoms in total. The standard InChI is InChI=1S/C5H7N.C2H6/c1-2-4-6-5-3-1;1-2/h2,4-5H,1,3H2;1-2H3. The number of aliphatic imine (C=N–C) groups is 1. The Morgan fingerprint density at radius 2 is 2.00 bits per heavy atom. The average molecular weight is 111 g/mol. The molecule has 8 heavy (non-hydrogen) atoms. The van der Waals surface area contributed by atoms with E-state index >= 15 is 0 Å². The predicted octanol–water partition coefficient (Wildman–Crippen LogP) is 2.39. The molecule has 0 aliphatic carbocycles. The fourth-order valence-electron chi connectivity index (χ4n) is 0.442. The van der Waals surface area contributed by atoms with Gasteiger partial charge >= 0.3 is 0 Å². The molecule has 1 aliphatic heterocycles. The minimum Gasteiger partial charge on any atom is -0.269 e. The van der Waals surface area contributed by atoms with Crippen molar-refractivity contribution in [2.24, 2.45) is 4.99 Å². The van der Waals surface area contributed by atoms with Crippen LogP contribution in [0.2, 0.25) is 0 Å². The van der Waals surface area contributed by atoms with E-state index in [-0.39, 0.29) is 0 Å². The van der Waals surface area contributed by atoms with Crippen LogP contribution in [-0.4, -0.2) is 6.21 Å². The SMILES string of the molecule is C1=CN=CCC1.CC. The van der Waals surface area contributed by atoms with Crippen LogP contribution < -0.4 is 0 Å². The van der Waals surface area contributed by atoms with E-state index in [1.54, 1.807) is 0 Å². The molecule has 1 rings (SSSR count). The first-order chi connectivity index (χ1) is 4.00. The van der Waals surface area contributed by atoms with E-state index in [1.165, 1.54) is 6.42 Å². The van der Waals surface area contributed by atoms with E-state index in [1.807, 2.05) is 26.3 Å². The summed E-state index contributed by atoms with van der Waals surface area (Å²) in [6, 6.07) is 0. The molecule has 0 aromatic carbocycles. The molecule has 0 N–H and O–H groups in total. The van der Waals surface area contributed by atoms with Crippen molar-refractivity contribution < 1.29 is 0 Å². The summed E-state index contributed by atoms with van der Waals surface area (Å²) in [4.78, 5) is 3.87. The molecule has 46 valence electrons. The second kappa shape index (κ2) is 6.41. The molecule has 0 amide bonds. The van der Waals surface area contributed by atoms with Crippen LogP contribution >= 0.6 is 0 Å². The minimum atomic E-state index is 1.12. The van der Waals surface area contributed by atoms with Crippen LogP contribution in [0.4, 0.5) is 0 Å². The van der Waals surface area contributed by atoms with Crippen LogP contribution in [0.1, 0.15) is 26.7 Å². The highest BCUT2D eigenvalue weighted by Crippen LogP contribution is 1.92. The molecule has 0 aromatic rings. The van der Waals surface area contributed by atoms with E-state index in [2.05, 4.69) is 11.1 Å². The third-order valence-electron chi connectivity index (χ3n) is 0.759. The Labute approximate surface area is 51.1 Å². The molecule has 0 saturated carbocycles. The second-order valence-corrected chi connectivity index (χ2v) is 1.29. The Hall–Kier alpha value is -0.590. The van der Waals surface area contributed by atoms with Gasteiger partial charge in [0.15, 0.2) is 0 Å². The summed E-state index contributed by atoms with van der Waals surface area (Å²) in [7, 11) is 0. The van der Waals surface area contributed by atoms with Gasteiger partial charge in [0.2, 0.25) is 0 Å². The molecule has 1 aliphatic rings. The zero-order valence-corrected chi connectivity index (χ0v) is 5.59. The third-order valence-corrected chi connectivity index (χ3v) is 0.759. The summed E-state index contributed by atoms with van der Waals surface area (Å²) in [5.74, 6) is 0. The topological polar surface area (TPSA) is 12.4 Å². The maximum absolute atomic E-state index is 3.87. The van der Waals surface area contributed by atoms with Crippen molar-refractivity contribution in [2.75, 3.05) is 0 Å². The van der Waals surface area contributed by atoms with E-state index < -0.39 is 0 Å². The van der Waals surface area contributed by atoms with Gasteiger partial charge in [0.25, 0.3) is 0 Å². The van der Waals surface area contributed by atoms with Crippen molar-refractivity contribution in [3.63, 3.8) is 0 Å². The first-order valence-electron chi connectivity index (χ1n) is 3.17. The van der Waals surface area contributed by atoms with Crippen LogP contribution in [0.15, 0.2) is 17.3 Å². The molecule has 0 fully saturated rings. The van der Waals surface area contributed by atoms with Gasteiger partial charge in [-0.3, -0.25) is 4.99 Å². The Morgan fingerprint density at radius 1 is 1.25 bits per heavy atom. The minimum absolute atomic E-state index is 1.12. The maximum Gasteiger partial charge on any atom is 0.0224 e. The van der Waals surface area contributed by atoms with Crippen LogP contribution in [0.3, 0.4) is 0 Å². The monoisotopic (exact) mass is 111 g/mol. The zero-order valence-electron chi connectivity index (χ0n) is 5.59. The molecule has 0 radical (unpaired) electrons. The van der Waals surface area contributed by atoms with Crippen molar-refractivity contribution in [3.05, 3.63) is 12.3 Å². The lowest BCUT2D eigenvalue weighted by atomic mass is 10.3. The van der Waals surface area contributed by atoms with Crippen molar-refractivity contribution in [3.8, 4) is 0 Å². The van der Waals surface area contributed by atoms with Gasteiger partial charge in [-0.1, -0.05) is 19.9 Å². The van der Waals surface area contributed by atoms with Gasteiger partial charge in [-0.2, -0.15) is 0 Å². The highest BCUT2D eigenvalue weighted by atomic mass is 14.7. The summed E-state index contributed by atoms with van der Waals surface area (Å²) in [5, 5.41) is 0. The highest BCUT2D eigenvalue weighted by molar-refractivity contribution is 5.59. The van der Waals surface area contributed by atoms with E-state index in [9.17, 15) is 0 Å². The van der Waals surface area contributed by atoms with Crippen LogP contribution in [0, 0.1) is 0 Å². The van der Waals surface area contributed by atoms with E-state index in [0.717, 1.165) is 6.42 Å². The summed E-state index contributed by atoms with van der Waals surface area (Å²) < 4.78 is 0. The lowest BCUT2D eigenvalue weighted by molar-refractivity contribution is 1.08. The summed E-state index contributed by atoms with van der Waals surface area (Å²) in [6.45, 7) is 4.00. The fraction of sp³-hybridized carbons (Fsp3) is 0.571. The maximum atomic E-state index is 3.87. The van der Waals surface area contributed by atoms with Gasteiger partial charge in [0.05, 0.1) is 0 Å². The summed E-state index contributed by atoms with van der Waals surface area (Å²) in [6.07, 6.45) is 8.13. The number of allylic oxidation sites excluding steroid dienone is 1. The van der Waals surface area contributed by atoms with Crippen molar-refractivity contribution >= 4 is 6.21 Å². The number of rotatable bonds is 0. The predicted molar refractivity (Wildman–Crippen MR) is 38.2 cm³/mol. The first kappa shape index (κ1) is 7.41. The molecule has 0 aromatic heterocycles. The molecule has 0 spiro atoms. The van der Waals surface area contributed by atoms with Gasteiger partial charge in [-0.05, 0) is 12.8 Å². The normalized spacial score (nSPS) is 14.8. The van der Waals surface area contributed by atoms with Crippen molar-refractivity contribution in [1.29, 1.82) is 0 Å². The van der Waals surface area contributed by atoms with Gasteiger partial charge in [0.1, 0.15) is 0 Å². The Bertz CT molecular complexity index is 70.4. The molecule has 0 unspecified atom stereocenters. The fourth-order valence-corrected chi connectivity index (χ4v) is 0.442.